The maximum Gasteiger partial charge on any atom is 0.129 e. The molecule has 2 heterocycles. The second-order valence-corrected chi connectivity index (χ2v) is 5.17. The van der Waals surface area contributed by atoms with Crippen molar-refractivity contribution in [1.82, 2.24) is 4.98 Å². The van der Waals surface area contributed by atoms with Crippen LogP contribution in [0, 0.1) is 16.7 Å². The molecule has 17 heavy (non-hydrogen) atoms. The van der Waals surface area contributed by atoms with Crippen molar-refractivity contribution in [3.63, 3.8) is 0 Å². The SMILES string of the molecule is CCC1(C)CCN(c2cc(C#N)ccn2)CC1. The summed E-state index contributed by atoms with van der Waals surface area (Å²) in [7, 11) is 0. The molecule has 0 spiro atoms. The second kappa shape index (κ2) is 4.75. The number of aromatic nitrogens is 1. The number of nitriles is 1. The maximum absolute atomic E-state index is 8.89. The molecule has 1 aromatic rings. The van der Waals surface area contributed by atoms with Crippen LogP contribution in [0.3, 0.4) is 0 Å². The van der Waals surface area contributed by atoms with E-state index in [0.29, 0.717) is 11.0 Å². The van der Waals surface area contributed by atoms with Gasteiger partial charge in [0.2, 0.25) is 0 Å². The van der Waals surface area contributed by atoms with Crippen LogP contribution < -0.4 is 4.90 Å². The Balaban J connectivity index is 2.08. The molecule has 0 saturated carbocycles. The van der Waals surface area contributed by atoms with Crippen LogP contribution in [-0.2, 0) is 0 Å². The minimum Gasteiger partial charge on any atom is -0.357 e. The molecule has 0 aliphatic carbocycles. The van der Waals surface area contributed by atoms with Crippen LogP contribution in [0.5, 0.6) is 0 Å². The summed E-state index contributed by atoms with van der Waals surface area (Å²) in [6, 6.07) is 5.80. The lowest BCUT2D eigenvalue weighted by Gasteiger charge is -2.39. The summed E-state index contributed by atoms with van der Waals surface area (Å²) in [5.74, 6) is 0.946. The van der Waals surface area contributed by atoms with Gasteiger partial charge in [-0.1, -0.05) is 20.3 Å². The van der Waals surface area contributed by atoms with Gasteiger partial charge in [0, 0.05) is 19.3 Å². The quantitative estimate of drug-likeness (QED) is 0.782. The Kier molecular flexibility index (Phi) is 3.33. The lowest BCUT2D eigenvalue weighted by Crippen LogP contribution is -2.38. The topological polar surface area (TPSA) is 39.9 Å². The molecule has 3 heteroatoms. The van der Waals surface area contributed by atoms with Gasteiger partial charge >= 0.3 is 0 Å². The van der Waals surface area contributed by atoms with Crippen molar-refractivity contribution in [1.29, 1.82) is 5.26 Å². The van der Waals surface area contributed by atoms with Gasteiger partial charge in [-0.2, -0.15) is 5.26 Å². The van der Waals surface area contributed by atoms with Crippen LogP contribution in [0.4, 0.5) is 5.82 Å². The van der Waals surface area contributed by atoms with Gasteiger partial charge in [0.05, 0.1) is 11.6 Å². The minimum absolute atomic E-state index is 0.489. The van der Waals surface area contributed by atoms with Crippen molar-refractivity contribution in [3.8, 4) is 6.07 Å². The zero-order valence-electron chi connectivity index (χ0n) is 10.6. The van der Waals surface area contributed by atoms with Gasteiger partial charge in [-0.15, -0.1) is 0 Å². The van der Waals surface area contributed by atoms with Gasteiger partial charge in [-0.25, -0.2) is 4.98 Å². The highest BCUT2D eigenvalue weighted by atomic mass is 15.2. The molecule has 1 fully saturated rings. The van der Waals surface area contributed by atoms with Gasteiger partial charge in [0.15, 0.2) is 0 Å². The van der Waals surface area contributed by atoms with Crippen LogP contribution in [0.15, 0.2) is 18.3 Å². The van der Waals surface area contributed by atoms with Crippen molar-refractivity contribution in [2.75, 3.05) is 18.0 Å². The van der Waals surface area contributed by atoms with E-state index in [1.807, 2.05) is 6.07 Å². The first-order chi connectivity index (χ1) is 8.17. The van der Waals surface area contributed by atoms with Crippen LogP contribution in [0.2, 0.25) is 0 Å². The summed E-state index contributed by atoms with van der Waals surface area (Å²) in [5.41, 5.74) is 1.18. The lowest BCUT2D eigenvalue weighted by molar-refractivity contribution is 0.238. The average Bonchev–Trinajstić information content (AvgIpc) is 2.40. The third-order valence-electron chi connectivity index (χ3n) is 4.02. The number of hydrogen-bond acceptors (Lipinski definition) is 3. The molecule has 2 rings (SSSR count). The van der Waals surface area contributed by atoms with Gasteiger partial charge in [-0.05, 0) is 30.4 Å². The first-order valence-electron chi connectivity index (χ1n) is 6.28. The smallest absolute Gasteiger partial charge is 0.129 e. The average molecular weight is 229 g/mol. The third kappa shape index (κ3) is 2.58. The highest BCUT2D eigenvalue weighted by Gasteiger charge is 2.28. The molecule has 90 valence electrons. The van der Waals surface area contributed by atoms with E-state index in [1.54, 1.807) is 12.3 Å². The molecule has 0 atom stereocenters. The Bertz CT molecular complexity index is 425. The standard InChI is InChI=1S/C14H19N3/c1-3-14(2)5-8-17(9-6-14)13-10-12(11-15)4-7-16-13/h4,7,10H,3,5-6,8-9H2,1-2H3. The molecule has 0 bridgehead atoms. The summed E-state index contributed by atoms with van der Waals surface area (Å²) in [4.78, 5) is 6.65. The van der Waals surface area contributed by atoms with E-state index in [0.717, 1.165) is 18.9 Å². The molecule has 3 nitrogen and oxygen atoms in total. The van der Waals surface area contributed by atoms with Crippen LogP contribution in [-0.4, -0.2) is 18.1 Å². The molecule has 1 aliphatic heterocycles. The van der Waals surface area contributed by atoms with Crippen molar-refractivity contribution >= 4 is 5.82 Å². The summed E-state index contributed by atoms with van der Waals surface area (Å²) < 4.78 is 0. The Morgan fingerprint density at radius 1 is 1.47 bits per heavy atom. The predicted octanol–water partition coefficient (Wildman–Crippen LogP) is 2.97. The van der Waals surface area contributed by atoms with Crippen LogP contribution in [0.25, 0.3) is 0 Å². The maximum atomic E-state index is 8.89. The fourth-order valence-electron chi connectivity index (χ4n) is 2.29. The molecule has 1 saturated heterocycles. The molecular formula is C14H19N3. The van der Waals surface area contributed by atoms with Crippen LogP contribution in [0.1, 0.15) is 38.7 Å². The Morgan fingerprint density at radius 3 is 2.76 bits per heavy atom. The van der Waals surface area contributed by atoms with E-state index in [-0.39, 0.29) is 0 Å². The summed E-state index contributed by atoms with van der Waals surface area (Å²) in [5, 5.41) is 8.89. The number of hydrogen-bond donors (Lipinski definition) is 0. The van der Waals surface area contributed by atoms with E-state index >= 15 is 0 Å². The van der Waals surface area contributed by atoms with Crippen molar-refractivity contribution in [3.05, 3.63) is 23.9 Å². The van der Waals surface area contributed by atoms with Crippen LogP contribution >= 0.6 is 0 Å². The molecule has 1 aliphatic rings. The summed E-state index contributed by atoms with van der Waals surface area (Å²) in [6.45, 7) is 6.73. The molecular weight excluding hydrogens is 210 g/mol. The summed E-state index contributed by atoms with van der Waals surface area (Å²) >= 11 is 0. The molecule has 0 radical (unpaired) electrons. The highest BCUT2D eigenvalue weighted by molar-refractivity contribution is 5.45. The number of rotatable bonds is 2. The van der Waals surface area contributed by atoms with Crippen molar-refractivity contribution in [2.24, 2.45) is 5.41 Å². The Labute approximate surface area is 103 Å². The zero-order valence-corrected chi connectivity index (χ0v) is 10.6. The number of anilines is 1. The largest absolute Gasteiger partial charge is 0.357 e. The van der Waals surface area contributed by atoms with Gasteiger partial charge in [0.25, 0.3) is 0 Å². The van der Waals surface area contributed by atoms with Gasteiger partial charge in [-0.3, -0.25) is 0 Å². The minimum atomic E-state index is 0.489. The van der Waals surface area contributed by atoms with Crippen molar-refractivity contribution < 1.29 is 0 Å². The monoisotopic (exact) mass is 229 g/mol. The molecule has 0 unspecified atom stereocenters. The van der Waals surface area contributed by atoms with E-state index in [9.17, 15) is 0 Å². The van der Waals surface area contributed by atoms with Gasteiger partial charge in [0.1, 0.15) is 5.82 Å². The zero-order chi connectivity index (χ0) is 12.3. The third-order valence-corrected chi connectivity index (χ3v) is 4.02. The molecule has 0 aromatic carbocycles. The molecule has 0 amide bonds. The van der Waals surface area contributed by atoms with E-state index in [2.05, 4.69) is 29.8 Å². The summed E-state index contributed by atoms with van der Waals surface area (Å²) in [6.07, 6.45) is 5.39. The Morgan fingerprint density at radius 2 is 2.18 bits per heavy atom. The van der Waals surface area contributed by atoms with Crippen molar-refractivity contribution in [2.45, 2.75) is 33.1 Å². The second-order valence-electron chi connectivity index (χ2n) is 5.17. The number of pyridine rings is 1. The number of nitrogens with zero attached hydrogens (tertiary/aromatic N) is 3. The first kappa shape index (κ1) is 11.9. The fraction of sp³-hybridized carbons (Fsp3) is 0.571. The number of piperidine rings is 1. The first-order valence-corrected chi connectivity index (χ1v) is 6.28. The Hall–Kier alpha value is -1.56. The highest BCUT2D eigenvalue weighted by Crippen LogP contribution is 2.35. The fourth-order valence-corrected chi connectivity index (χ4v) is 2.29. The van der Waals surface area contributed by atoms with E-state index < -0.39 is 0 Å². The van der Waals surface area contributed by atoms with E-state index in [1.165, 1.54) is 19.3 Å². The predicted molar refractivity (Wildman–Crippen MR) is 68.8 cm³/mol. The van der Waals surface area contributed by atoms with Gasteiger partial charge < -0.3 is 4.90 Å². The van der Waals surface area contributed by atoms with E-state index in [4.69, 9.17) is 5.26 Å². The molecule has 1 aromatic heterocycles. The normalized spacial score (nSPS) is 18.8. The lowest BCUT2D eigenvalue weighted by atomic mass is 9.78. The molecule has 0 N–H and O–H groups in total.